The summed E-state index contributed by atoms with van der Waals surface area (Å²) in [5.74, 6) is -0.367. The molecule has 0 aliphatic rings. The number of allylic oxidation sites excluding steroid dienone is 2. The van der Waals surface area contributed by atoms with Gasteiger partial charge in [0.05, 0.1) is 18.8 Å². The summed E-state index contributed by atoms with van der Waals surface area (Å²) in [6, 6.07) is 0. The molecule has 0 radical (unpaired) electrons. The highest BCUT2D eigenvalue weighted by atomic mass is 16.5. The van der Waals surface area contributed by atoms with Crippen molar-refractivity contribution in [1.82, 2.24) is 0 Å². The molecule has 0 N–H and O–H groups in total. The van der Waals surface area contributed by atoms with E-state index >= 15 is 0 Å². The highest BCUT2D eigenvalue weighted by molar-refractivity contribution is 5.89. The van der Waals surface area contributed by atoms with E-state index in [1.807, 2.05) is 6.92 Å². The Hall–Kier alpha value is -1.61. The molecule has 0 spiro atoms. The highest BCUT2D eigenvalue weighted by Gasteiger charge is 2.13. The lowest BCUT2D eigenvalue weighted by Gasteiger charge is -2.10. The molecule has 0 aliphatic carbocycles. The molecule has 0 fully saturated rings. The third-order valence-corrected chi connectivity index (χ3v) is 2.03. The van der Waals surface area contributed by atoms with E-state index in [9.17, 15) is 4.79 Å². The fourth-order valence-corrected chi connectivity index (χ4v) is 1.16. The minimum absolute atomic E-state index is 0.200. The van der Waals surface area contributed by atoms with Crippen LogP contribution < -0.4 is 0 Å². The van der Waals surface area contributed by atoms with Crippen LogP contribution in [0, 0.1) is 0 Å². The zero-order valence-electron chi connectivity index (χ0n) is 10.4. The second-order valence-electron chi connectivity index (χ2n) is 3.44. The Kier molecular flexibility index (Phi) is 8.69. The van der Waals surface area contributed by atoms with Crippen molar-refractivity contribution >= 4 is 5.97 Å². The van der Waals surface area contributed by atoms with Crippen molar-refractivity contribution in [1.29, 1.82) is 0 Å². The van der Waals surface area contributed by atoms with Crippen LogP contribution in [0.2, 0.25) is 0 Å². The molecule has 0 atom stereocenters. The Morgan fingerprint density at radius 3 is 2.29 bits per heavy atom. The van der Waals surface area contributed by atoms with E-state index in [2.05, 4.69) is 19.7 Å². The van der Waals surface area contributed by atoms with Crippen LogP contribution in [0.15, 0.2) is 49.1 Å². The lowest BCUT2D eigenvalue weighted by molar-refractivity contribution is -0.138. The Labute approximate surface area is 103 Å². The van der Waals surface area contributed by atoms with Crippen LogP contribution in [0.1, 0.15) is 13.3 Å². The van der Waals surface area contributed by atoms with E-state index < -0.39 is 0 Å². The molecule has 0 aliphatic heterocycles. The highest BCUT2D eigenvalue weighted by Crippen LogP contribution is 2.11. The van der Waals surface area contributed by atoms with E-state index in [0.717, 1.165) is 5.57 Å². The van der Waals surface area contributed by atoms with Crippen LogP contribution in [-0.4, -0.2) is 25.8 Å². The molecule has 94 valence electrons. The van der Waals surface area contributed by atoms with Crippen molar-refractivity contribution in [3.63, 3.8) is 0 Å². The first-order valence-corrected chi connectivity index (χ1v) is 5.43. The third-order valence-electron chi connectivity index (χ3n) is 2.03. The van der Waals surface area contributed by atoms with Gasteiger partial charge >= 0.3 is 5.97 Å². The van der Waals surface area contributed by atoms with Gasteiger partial charge in [-0.1, -0.05) is 30.4 Å². The number of esters is 1. The summed E-state index contributed by atoms with van der Waals surface area (Å²) in [5, 5.41) is 0. The molecule has 0 aromatic heterocycles. The summed E-state index contributed by atoms with van der Waals surface area (Å²) >= 11 is 0. The van der Waals surface area contributed by atoms with E-state index in [0.29, 0.717) is 18.6 Å². The van der Waals surface area contributed by atoms with Crippen LogP contribution in [0.4, 0.5) is 0 Å². The van der Waals surface area contributed by atoms with Gasteiger partial charge in [-0.15, -0.1) is 13.2 Å². The standard InChI is InChI=1S/C14H20O3/c1-5-8-12(4)13(11-16-9-6-2)14(15)17-10-7-3/h5-7H,1-3,8-11H2,4H3. The van der Waals surface area contributed by atoms with Gasteiger partial charge in [0.1, 0.15) is 6.61 Å². The van der Waals surface area contributed by atoms with Gasteiger partial charge in [0.25, 0.3) is 0 Å². The third kappa shape index (κ3) is 6.53. The lowest BCUT2D eigenvalue weighted by atomic mass is 10.1. The first-order valence-electron chi connectivity index (χ1n) is 5.43. The molecule has 0 heterocycles. The van der Waals surface area contributed by atoms with Crippen LogP contribution in [-0.2, 0) is 14.3 Å². The van der Waals surface area contributed by atoms with Gasteiger partial charge in [0.15, 0.2) is 0 Å². The SMILES string of the molecule is C=CCOCC(C(=O)OCC=C)=C(C)CC=C. The minimum Gasteiger partial charge on any atom is -0.458 e. The van der Waals surface area contributed by atoms with Gasteiger partial charge in [0, 0.05) is 0 Å². The molecule has 3 nitrogen and oxygen atoms in total. The van der Waals surface area contributed by atoms with Crippen molar-refractivity contribution in [2.45, 2.75) is 13.3 Å². The van der Waals surface area contributed by atoms with Crippen LogP contribution >= 0.6 is 0 Å². The van der Waals surface area contributed by atoms with Crippen molar-refractivity contribution in [3.05, 3.63) is 49.1 Å². The first kappa shape index (κ1) is 15.4. The summed E-state index contributed by atoms with van der Waals surface area (Å²) in [4.78, 5) is 11.7. The zero-order valence-corrected chi connectivity index (χ0v) is 10.4. The number of ether oxygens (including phenoxy) is 2. The number of carbonyl (C=O) groups is 1. The maximum absolute atomic E-state index is 11.7. The van der Waals surface area contributed by atoms with Gasteiger partial charge in [0.2, 0.25) is 0 Å². The number of hydrogen-bond acceptors (Lipinski definition) is 3. The molecule has 17 heavy (non-hydrogen) atoms. The number of carbonyl (C=O) groups excluding carboxylic acids is 1. The number of hydrogen-bond donors (Lipinski definition) is 0. The zero-order chi connectivity index (χ0) is 13.1. The molecule has 0 bridgehead atoms. The average molecular weight is 236 g/mol. The monoisotopic (exact) mass is 236 g/mol. The topological polar surface area (TPSA) is 35.5 Å². The minimum atomic E-state index is -0.367. The van der Waals surface area contributed by atoms with E-state index in [1.165, 1.54) is 6.08 Å². The maximum atomic E-state index is 11.7. The molecule has 0 saturated heterocycles. The fraction of sp³-hybridized carbons (Fsp3) is 0.357. The summed E-state index contributed by atoms with van der Waals surface area (Å²) in [7, 11) is 0. The van der Waals surface area contributed by atoms with Gasteiger partial charge in [-0.2, -0.15) is 0 Å². The first-order chi connectivity index (χ1) is 8.17. The summed E-state index contributed by atoms with van der Waals surface area (Å²) in [6.45, 7) is 13.4. The molecular formula is C14H20O3. The van der Waals surface area contributed by atoms with Gasteiger partial charge in [-0.05, 0) is 13.3 Å². The van der Waals surface area contributed by atoms with Crippen LogP contribution in [0.25, 0.3) is 0 Å². The average Bonchev–Trinajstić information content (AvgIpc) is 2.32. The summed E-state index contributed by atoms with van der Waals surface area (Å²) < 4.78 is 10.3. The Balaban J connectivity index is 4.64. The summed E-state index contributed by atoms with van der Waals surface area (Å²) in [6.07, 6.45) is 5.54. The quantitative estimate of drug-likeness (QED) is 0.267. The van der Waals surface area contributed by atoms with Crippen molar-refractivity contribution in [3.8, 4) is 0 Å². The smallest absolute Gasteiger partial charge is 0.336 e. The molecule has 0 amide bonds. The largest absolute Gasteiger partial charge is 0.458 e. The lowest BCUT2D eigenvalue weighted by Crippen LogP contribution is -2.15. The Bertz CT molecular complexity index is 313. The van der Waals surface area contributed by atoms with E-state index in [-0.39, 0.29) is 19.2 Å². The molecule has 0 saturated carbocycles. The second-order valence-corrected chi connectivity index (χ2v) is 3.44. The molecule has 3 heteroatoms. The van der Waals surface area contributed by atoms with Crippen molar-refractivity contribution < 1.29 is 14.3 Å². The van der Waals surface area contributed by atoms with Gasteiger partial charge in [-0.3, -0.25) is 0 Å². The summed E-state index contributed by atoms with van der Waals surface area (Å²) in [5.41, 5.74) is 1.44. The fourth-order valence-electron chi connectivity index (χ4n) is 1.16. The Morgan fingerprint density at radius 2 is 1.76 bits per heavy atom. The van der Waals surface area contributed by atoms with Crippen molar-refractivity contribution in [2.75, 3.05) is 19.8 Å². The molecule has 0 aromatic rings. The molecule has 0 unspecified atom stereocenters. The predicted molar refractivity (Wildman–Crippen MR) is 69.7 cm³/mol. The van der Waals surface area contributed by atoms with Gasteiger partial charge < -0.3 is 9.47 Å². The van der Waals surface area contributed by atoms with Gasteiger partial charge in [-0.25, -0.2) is 4.79 Å². The van der Waals surface area contributed by atoms with Crippen LogP contribution in [0.3, 0.4) is 0 Å². The van der Waals surface area contributed by atoms with Crippen molar-refractivity contribution in [2.24, 2.45) is 0 Å². The molecule has 0 aromatic carbocycles. The normalized spacial score (nSPS) is 11.4. The number of rotatable bonds is 9. The maximum Gasteiger partial charge on any atom is 0.336 e. The van der Waals surface area contributed by atoms with E-state index in [1.54, 1.807) is 12.2 Å². The Morgan fingerprint density at radius 1 is 1.12 bits per heavy atom. The molecule has 0 rings (SSSR count). The molecular weight excluding hydrogens is 216 g/mol. The predicted octanol–water partition coefficient (Wildman–Crippen LogP) is 2.81. The second kappa shape index (κ2) is 9.60. The van der Waals surface area contributed by atoms with Crippen LogP contribution in [0.5, 0.6) is 0 Å². The van der Waals surface area contributed by atoms with E-state index in [4.69, 9.17) is 9.47 Å².